The van der Waals surface area contributed by atoms with E-state index in [9.17, 15) is 18.8 Å². The van der Waals surface area contributed by atoms with Crippen molar-refractivity contribution in [3.05, 3.63) is 65.5 Å². The summed E-state index contributed by atoms with van der Waals surface area (Å²) < 4.78 is 29.7. The maximum absolute atomic E-state index is 13.8. The lowest BCUT2D eigenvalue weighted by Crippen LogP contribution is -2.49. The van der Waals surface area contributed by atoms with Crippen LogP contribution in [0.2, 0.25) is 0 Å². The van der Waals surface area contributed by atoms with Crippen LogP contribution < -0.4 is 19.5 Å². The predicted octanol–water partition coefficient (Wildman–Crippen LogP) is 5.12. The van der Waals surface area contributed by atoms with E-state index in [-0.39, 0.29) is 18.0 Å². The average molecular weight is 543 g/mol. The Kier molecular flexibility index (Phi) is 11.1. The fourth-order valence-electron chi connectivity index (χ4n) is 3.89. The summed E-state index contributed by atoms with van der Waals surface area (Å²) in [6.45, 7) is 9.81. The van der Waals surface area contributed by atoms with Gasteiger partial charge in [0.1, 0.15) is 11.9 Å². The summed E-state index contributed by atoms with van der Waals surface area (Å²) in [7, 11) is 4.42. The van der Waals surface area contributed by atoms with Crippen LogP contribution in [0.15, 0.2) is 48.6 Å². The molecule has 2 rings (SSSR count). The maximum Gasteiger partial charge on any atom is 0.247 e. The number of rotatable bonds is 12. The Bertz CT molecular complexity index is 1160. The number of methoxy groups -OCH3 is 3. The van der Waals surface area contributed by atoms with Crippen molar-refractivity contribution in [1.29, 1.82) is 0 Å². The normalized spacial score (nSPS) is 12.3. The summed E-state index contributed by atoms with van der Waals surface area (Å²) in [4.78, 5) is 41.4. The van der Waals surface area contributed by atoms with Gasteiger partial charge < -0.3 is 24.4 Å². The summed E-state index contributed by atoms with van der Waals surface area (Å²) in [6, 6.07) is 7.24. The number of nitrogens with one attached hydrogen (secondary N) is 1. The molecule has 2 aromatic carbocycles. The molecule has 39 heavy (non-hydrogen) atoms. The molecule has 8 nitrogen and oxygen atoms in total. The van der Waals surface area contributed by atoms with Crippen molar-refractivity contribution in [2.45, 2.75) is 52.6 Å². The number of amides is 2. The molecule has 0 bridgehead atoms. The monoisotopic (exact) mass is 542 g/mol. The fourth-order valence-corrected chi connectivity index (χ4v) is 3.89. The molecule has 0 radical (unpaired) electrons. The van der Waals surface area contributed by atoms with Gasteiger partial charge >= 0.3 is 0 Å². The van der Waals surface area contributed by atoms with Crippen LogP contribution in [-0.4, -0.2) is 55.9 Å². The Balaban J connectivity index is 2.62. The smallest absolute Gasteiger partial charge is 0.247 e. The lowest BCUT2D eigenvalue weighted by Gasteiger charge is -2.34. The van der Waals surface area contributed by atoms with Gasteiger partial charge in [-0.05, 0) is 81.1 Å². The van der Waals surface area contributed by atoms with E-state index >= 15 is 0 Å². The van der Waals surface area contributed by atoms with Crippen molar-refractivity contribution in [3.63, 3.8) is 0 Å². The summed E-state index contributed by atoms with van der Waals surface area (Å²) >= 11 is 0. The van der Waals surface area contributed by atoms with Gasteiger partial charge in [-0.3, -0.25) is 14.4 Å². The number of ketones is 1. The van der Waals surface area contributed by atoms with Crippen molar-refractivity contribution in [2.75, 3.05) is 27.9 Å². The first-order valence-electron chi connectivity index (χ1n) is 12.7. The first-order chi connectivity index (χ1) is 18.3. The Morgan fingerprint density at radius 3 is 1.97 bits per heavy atom. The minimum Gasteiger partial charge on any atom is -0.493 e. The van der Waals surface area contributed by atoms with Gasteiger partial charge in [-0.25, -0.2) is 4.39 Å². The summed E-state index contributed by atoms with van der Waals surface area (Å²) in [5.74, 6) is -0.626. The van der Waals surface area contributed by atoms with E-state index < -0.39 is 35.0 Å². The number of ether oxygens (including phenoxy) is 3. The highest BCUT2D eigenvalue weighted by Gasteiger charge is 2.34. The summed E-state index contributed by atoms with van der Waals surface area (Å²) in [6.07, 6.45) is 2.88. The molecule has 2 aromatic rings. The number of halogens is 1. The zero-order valence-corrected chi connectivity index (χ0v) is 24.0. The van der Waals surface area contributed by atoms with Crippen LogP contribution in [0.25, 0.3) is 0 Å². The molecule has 0 aromatic heterocycles. The lowest BCUT2D eigenvalue weighted by molar-refractivity contribution is -0.138. The third-order valence-corrected chi connectivity index (χ3v) is 5.80. The van der Waals surface area contributed by atoms with Crippen LogP contribution >= 0.6 is 0 Å². The molecule has 1 N–H and O–H groups in total. The van der Waals surface area contributed by atoms with E-state index in [0.29, 0.717) is 29.2 Å². The molecule has 0 saturated carbocycles. The number of hydrogen-bond donors (Lipinski definition) is 1. The lowest BCUT2D eigenvalue weighted by atomic mass is 9.99. The van der Waals surface area contributed by atoms with E-state index in [1.807, 2.05) is 34.6 Å². The van der Waals surface area contributed by atoms with Gasteiger partial charge in [0.25, 0.3) is 0 Å². The van der Waals surface area contributed by atoms with Gasteiger partial charge in [-0.15, -0.1) is 0 Å². The van der Waals surface area contributed by atoms with E-state index in [4.69, 9.17) is 14.2 Å². The van der Waals surface area contributed by atoms with Gasteiger partial charge in [-0.2, -0.15) is 0 Å². The first-order valence-corrected chi connectivity index (χ1v) is 12.7. The number of allylic oxidation sites excluding steroid dienone is 1. The van der Waals surface area contributed by atoms with E-state index in [2.05, 4.69) is 5.32 Å². The van der Waals surface area contributed by atoms with Crippen LogP contribution in [0.4, 0.5) is 4.39 Å². The molecule has 0 aliphatic heterocycles. The van der Waals surface area contributed by atoms with Crippen molar-refractivity contribution in [3.8, 4) is 17.2 Å². The fraction of sp³-hybridized carbons (Fsp3) is 0.433. The van der Waals surface area contributed by atoms with Crippen molar-refractivity contribution in [2.24, 2.45) is 5.92 Å². The number of carbonyl (C=O) groups is 3. The molecular formula is C30H39FN2O6. The minimum atomic E-state index is -1.07. The second kappa shape index (κ2) is 13.8. The van der Waals surface area contributed by atoms with Crippen LogP contribution in [0.1, 0.15) is 63.0 Å². The number of nitrogens with zero attached hydrogens (tertiary/aromatic N) is 1. The zero-order valence-electron chi connectivity index (χ0n) is 24.0. The predicted molar refractivity (Wildman–Crippen MR) is 148 cm³/mol. The minimum absolute atomic E-state index is 0.233. The summed E-state index contributed by atoms with van der Waals surface area (Å²) in [5.41, 5.74) is 0.0966. The topological polar surface area (TPSA) is 94.2 Å². The van der Waals surface area contributed by atoms with Crippen LogP contribution in [0, 0.1) is 11.7 Å². The number of hydrogen-bond acceptors (Lipinski definition) is 6. The van der Waals surface area contributed by atoms with E-state index in [1.165, 1.54) is 50.5 Å². The Morgan fingerprint density at radius 1 is 0.949 bits per heavy atom. The molecule has 1 unspecified atom stereocenters. The van der Waals surface area contributed by atoms with Gasteiger partial charge in [0.05, 0.1) is 21.3 Å². The maximum atomic E-state index is 13.8. The Hall–Kier alpha value is -3.88. The number of carbonyl (C=O) groups excluding carboxylic acids is 3. The summed E-state index contributed by atoms with van der Waals surface area (Å²) in [5, 5.41) is 2.97. The van der Waals surface area contributed by atoms with Gasteiger partial charge in [-0.1, -0.05) is 13.8 Å². The zero-order chi connectivity index (χ0) is 29.3. The third-order valence-electron chi connectivity index (χ3n) is 5.80. The largest absolute Gasteiger partial charge is 0.493 e. The van der Waals surface area contributed by atoms with E-state index in [0.717, 1.165) is 12.2 Å². The second-order valence-electron chi connectivity index (χ2n) is 10.5. The SMILES string of the molecule is COc1cc(C(C(=O)NC(C)(C)C)N(CCC(C)C)C(=O)/C=C/C(=O)c2ccc(F)cc2)cc(OC)c1OC. The Labute approximate surface area is 230 Å². The van der Waals surface area contributed by atoms with Crippen LogP contribution in [-0.2, 0) is 9.59 Å². The van der Waals surface area contributed by atoms with Gasteiger partial charge in [0, 0.05) is 23.7 Å². The van der Waals surface area contributed by atoms with Crippen LogP contribution in [0.5, 0.6) is 17.2 Å². The molecule has 9 heteroatoms. The molecule has 0 aliphatic rings. The molecular weight excluding hydrogens is 503 g/mol. The van der Waals surface area contributed by atoms with Crippen molar-refractivity contribution < 1.29 is 33.0 Å². The van der Waals surface area contributed by atoms with Gasteiger partial charge in [0.15, 0.2) is 17.3 Å². The van der Waals surface area contributed by atoms with Crippen molar-refractivity contribution >= 4 is 17.6 Å². The molecule has 0 saturated heterocycles. The third kappa shape index (κ3) is 8.84. The molecule has 2 amide bonds. The molecule has 1 atom stereocenters. The quantitative estimate of drug-likeness (QED) is 0.296. The standard InChI is InChI=1S/C30H39FN2O6/c1-19(2)15-16-33(26(35)14-13-23(34)20-9-11-22(31)12-10-20)27(29(36)32-30(3,4)5)21-17-24(37-6)28(39-8)25(18-21)38-7/h9-14,17-19,27H,15-16H2,1-8H3,(H,32,36)/b14-13+. The second-order valence-corrected chi connectivity index (χ2v) is 10.5. The highest BCUT2D eigenvalue weighted by Crippen LogP contribution is 2.41. The highest BCUT2D eigenvalue weighted by atomic mass is 19.1. The van der Waals surface area contributed by atoms with E-state index in [1.54, 1.807) is 12.1 Å². The molecule has 0 spiro atoms. The van der Waals surface area contributed by atoms with Crippen molar-refractivity contribution in [1.82, 2.24) is 10.2 Å². The number of benzene rings is 2. The highest BCUT2D eigenvalue weighted by molar-refractivity contribution is 6.08. The Morgan fingerprint density at radius 2 is 1.51 bits per heavy atom. The van der Waals surface area contributed by atoms with Crippen LogP contribution in [0.3, 0.4) is 0 Å². The molecule has 0 aliphatic carbocycles. The van der Waals surface area contributed by atoms with Gasteiger partial charge in [0.2, 0.25) is 17.6 Å². The molecule has 0 fully saturated rings. The average Bonchev–Trinajstić information content (AvgIpc) is 2.87. The first kappa shape index (κ1) is 31.3. The molecule has 212 valence electrons. The molecule has 0 heterocycles.